The molecule has 1 saturated carbocycles. The number of rotatable bonds is 4. The molecular formula is C20H23F3N4O3. The first-order valence-corrected chi connectivity index (χ1v) is 9.51. The summed E-state index contributed by atoms with van der Waals surface area (Å²) in [6, 6.07) is 4.80. The first-order valence-electron chi connectivity index (χ1n) is 9.51. The smallest absolute Gasteiger partial charge is 0.422 e. The highest BCUT2D eigenvalue weighted by atomic mass is 19.4. The van der Waals surface area contributed by atoms with Crippen LogP contribution in [-0.4, -0.2) is 49.6 Å². The van der Waals surface area contributed by atoms with Crippen molar-refractivity contribution in [2.75, 3.05) is 23.0 Å². The number of nitrogens with zero attached hydrogens (tertiary/aromatic N) is 3. The van der Waals surface area contributed by atoms with Crippen LogP contribution < -0.4 is 15.5 Å². The van der Waals surface area contributed by atoms with Crippen molar-refractivity contribution in [1.29, 1.82) is 0 Å². The van der Waals surface area contributed by atoms with Gasteiger partial charge in [-0.3, -0.25) is 14.7 Å². The van der Waals surface area contributed by atoms with Crippen molar-refractivity contribution in [3.8, 4) is 0 Å². The zero-order valence-electron chi connectivity index (χ0n) is 16.6. The molecule has 1 aliphatic carbocycles. The van der Waals surface area contributed by atoms with Crippen LogP contribution in [0, 0.1) is 0 Å². The number of carbonyl (C=O) groups excluding carboxylic acids is 2. The molecule has 2 aliphatic rings. The zero-order chi connectivity index (χ0) is 22.1. The van der Waals surface area contributed by atoms with Crippen LogP contribution in [0.15, 0.2) is 29.4 Å². The molecule has 0 bridgehead atoms. The number of amides is 2. The van der Waals surface area contributed by atoms with Crippen LogP contribution in [0.3, 0.4) is 0 Å². The average Bonchev–Trinajstić information content (AvgIpc) is 3.49. The van der Waals surface area contributed by atoms with Gasteiger partial charge in [0.2, 0.25) is 5.91 Å². The van der Waals surface area contributed by atoms with Crippen LogP contribution in [0.5, 0.6) is 0 Å². The number of ether oxygens (including phenoxy) is 1. The van der Waals surface area contributed by atoms with Crippen molar-refractivity contribution in [2.45, 2.75) is 44.9 Å². The maximum absolute atomic E-state index is 12.5. The molecule has 1 aromatic carbocycles. The fourth-order valence-electron chi connectivity index (χ4n) is 3.30. The Morgan fingerprint density at radius 2 is 2.00 bits per heavy atom. The molecule has 1 fully saturated rings. The van der Waals surface area contributed by atoms with Gasteiger partial charge in [0.25, 0.3) is 0 Å². The Labute approximate surface area is 172 Å². The summed E-state index contributed by atoms with van der Waals surface area (Å²) < 4.78 is 42.0. The number of anilines is 2. The Morgan fingerprint density at radius 3 is 2.57 bits per heavy atom. The minimum absolute atomic E-state index is 0.00937. The second-order valence-corrected chi connectivity index (χ2v) is 7.35. The number of alkyl halides is 3. The lowest BCUT2D eigenvalue weighted by Gasteiger charge is -2.40. The molecule has 0 spiro atoms. The Hall–Kier alpha value is -3.04. The third kappa shape index (κ3) is 4.92. The van der Waals surface area contributed by atoms with Gasteiger partial charge in [0.1, 0.15) is 0 Å². The molecule has 162 valence electrons. The summed E-state index contributed by atoms with van der Waals surface area (Å²) in [4.78, 5) is 31.6. The molecule has 1 heterocycles. The summed E-state index contributed by atoms with van der Waals surface area (Å²) >= 11 is 0. The van der Waals surface area contributed by atoms with Gasteiger partial charge in [-0.15, -0.1) is 0 Å². The van der Waals surface area contributed by atoms with Gasteiger partial charge in [0.15, 0.2) is 6.61 Å². The van der Waals surface area contributed by atoms with Crippen LogP contribution in [-0.2, 0) is 9.53 Å². The molecule has 10 heteroatoms. The number of allylic oxidation sites excluding steroid dienone is 1. The van der Waals surface area contributed by atoms with Crippen LogP contribution in [0.4, 0.5) is 29.3 Å². The molecule has 2 amide bonds. The molecule has 1 aromatic rings. The van der Waals surface area contributed by atoms with Crippen LogP contribution >= 0.6 is 0 Å². The van der Waals surface area contributed by atoms with Crippen LogP contribution in [0.2, 0.25) is 0 Å². The predicted octanol–water partition coefficient (Wildman–Crippen LogP) is 3.48. The van der Waals surface area contributed by atoms with Crippen molar-refractivity contribution < 1.29 is 27.5 Å². The highest BCUT2D eigenvalue weighted by Crippen LogP contribution is 2.38. The van der Waals surface area contributed by atoms with Gasteiger partial charge in [0, 0.05) is 31.5 Å². The number of nitrogens with two attached hydrogens (primary N) is 1. The number of carbonyl (C=O) groups is 2. The lowest BCUT2D eigenvalue weighted by Crippen LogP contribution is -2.51. The molecule has 30 heavy (non-hydrogen) atoms. The highest BCUT2D eigenvalue weighted by molar-refractivity contribution is 6.11. The van der Waals surface area contributed by atoms with Gasteiger partial charge in [-0.25, -0.2) is 4.79 Å². The van der Waals surface area contributed by atoms with Crippen LogP contribution in [0.1, 0.15) is 32.3 Å². The average molecular weight is 424 g/mol. The van der Waals surface area contributed by atoms with Crippen molar-refractivity contribution in [1.82, 2.24) is 0 Å². The SMILES string of the molecule is CC(=O)N1c2ccc(C(C=NC3CC3)=CN)cc2N(C(=O)OCC(F)(F)F)CC1C. The monoisotopic (exact) mass is 424 g/mol. The highest BCUT2D eigenvalue weighted by Gasteiger charge is 2.37. The van der Waals surface area contributed by atoms with E-state index >= 15 is 0 Å². The summed E-state index contributed by atoms with van der Waals surface area (Å²) in [5.41, 5.74) is 7.62. The van der Waals surface area contributed by atoms with Crippen molar-refractivity contribution in [2.24, 2.45) is 10.7 Å². The molecule has 3 rings (SSSR count). The predicted molar refractivity (Wildman–Crippen MR) is 107 cm³/mol. The van der Waals surface area contributed by atoms with E-state index in [4.69, 9.17) is 5.73 Å². The third-order valence-corrected chi connectivity index (χ3v) is 4.82. The van der Waals surface area contributed by atoms with Gasteiger partial charge < -0.3 is 15.4 Å². The molecule has 0 saturated heterocycles. The van der Waals surface area contributed by atoms with Gasteiger partial charge in [-0.1, -0.05) is 6.07 Å². The fourth-order valence-corrected chi connectivity index (χ4v) is 3.30. The van der Waals surface area contributed by atoms with E-state index in [2.05, 4.69) is 9.73 Å². The van der Waals surface area contributed by atoms with Gasteiger partial charge in [-0.2, -0.15) is 13.2 Å². The van der Waals surface area contributed by atoms with E-state index in [9.17, 15) is 22.8 Å². The van der Waals surface area contributed by atoms with E-state index in [0.29, 0.717) is 16.8 Å². The summed E-state index contributed by atoms with van der Waals surface area (Å²) in [5, 5.41) is 0. The number of hydrogen-bond donors (Lipinski definition) is 1. The minimum atomic E-state index is -4.64. The van der Waals surface area contributed by atoms with Crippen molar-refractivity contribution >= 4 is 35.2 Å². The Morgan fingerprint density at radius 1 is 1.30 bits per heavy atom. The lowest BCUT2D eigenvalue weighted by atomic mass is 10.0. The maximum Gasteiger partial charge on any atom is 0.422 e. The Bertz CT molecular complexity index is 894. The maximum atomic E-state index is 12.5. The molecule has 0 radical (unpaired) electrons. The molecule has 2 N–H and O–H groups in total. The van der Waals surface area contributed by atoms with Crippen molar-refractivity contribution in [3.63, 3.8) is 0 Å². The third-order valence-electron chi connectivity index (χ3n) is 4.82. The topological polar surface area (TPSA) is 88.2 Å². The molecular weight excluding hydrogens is 401 g/mol. The van der Waals surface area contributed by atoms with E-state index in [1.165, 1.54) is 18.0 Å². The molecule has 7 nitrogen and oxygen atoms in total. The van der Waals surface area contributed by atoms with E-state index < -0.39 is 24.9 Å². The number of hydrogen-bond acceptors (Lipinski definition) is 5. The van der Waals surface area contributed by atoms with Gasteiger partial charge >= 0.3 is 12.3 Å². The second kappa shape index (κ2) is 8.37. The van der Waals surface area contributed by atoms with Gasteiger partial charge in [0.05, 0.1) is 23.5 Å². The molecule has 1 aliphatic heterocycles. The molecule has 0 aromatic heterocycles. The standard InChI is InChI=1S/C20H23F3N4O3/c1-12-10-26(19(29)30-11-20(21,22)23)18-7-14(3-6-17(18)27(12)13(2)28)15(8-24)9-25-16-4-5-16/h3,6-9,12,16H,4-5,10-11,24H2,1-2H3. The lowest BCUT2D eigenvalue weighted by molar-refractivity contribution is -0.159. The Balaban J connectivity index is 1.98. The largest absolute Gasteiger partial charge is 0.439 e. The van der Waals surface area contributed by atoms with E-state index in [-0.39, 0.29) is 24.2 Å². The molecule has 1 unspecified atom stereocenters. The first-order chi connectivity index (χ1) is 14.1. The summed E-state index contributed by atoms with van der Waals surface area (Å²) in [6.07, 6.45) is -0.729. The summed E-state index contributed by atoms with van der Waals surface area (Å²) in [7, 11) is 0. The normalized spacial score (nSPS) is 19.8. The first kappa shape index (κ1) is 21.7. The second-order valence-electron chi connectivity index (χ2n) is 7.35. The number of fused-ring (bicyclic) bond motifs is 1. The van der Waals surface area contributed by atoms with E-state index in [0.717, 1.165) is 17.7 Å². The summed E-state index contributed by atoms with van der Waals surface area (Å²) in [5.74, 6) is -0.246. The van der Waals surface area contributed by atoms with E-state index in [1.807, 2.05) is 0 Å². The van der Waals surface area contributed by atoms with E-state index in [1.54, 1.807) is 31.3 Å². The van der Waals surface area contributed by atoms with Gasteiger partial charge in [-0.05, 0) is 37.5 Å². The quantitative estimate of drug-likeness (QED) is 0.750. The number of aliphatic imine (C=N–C) groups is 1. The Kier molecular flexibility index (Phi) is 6.04. The number of benzene rings is 1. The molecule has 1 atom stereocenters. The van der Waals surface area contributed by atoms with Crippen molar-refractivity contribution in [3.05, 3.63) is 30.0 Å². The summed E-state index contributed by atoms with van der Waals surface area (Å²) in [6.45, 7) is 1.39. The van der Waals surface area contributed by atoms with Crippen LogP contribution in [0.25, 0.3) is 5.57 Å². The number of halogens is 3. The fraction of sp³-hybridized carbons (Fsp3) is 0.450. The minimum Gasteiger partial charge on any atom is -0.439 e. The zero-order valence-corrected chi connectivity index (χ0v) is 16.6.